The van der Waals surface area contributed by atoms with Gasteiger partial charge in [-0.1, -0.05) is 18.2 Å². The van der Waals surface area contributed by atoms with E-state index >= 15 is 0 Å². The van der Waals surface area contributed by atoms with Crippen LogP contribution in [0.4, 0.5) is 11.8 Å². The van der Waals surface area contributed by atoms with Crippen LogP contribution < -0.4 is 10.6 Å². The van der Waals surface area contributed by atoms with Crippen LogP contribution in [-0.4, -0.2) is 27.0 Å². The van der Waals surface area contributed by atoms with E-state index in [1.54, 1.807) is 35.6 Å². The molecule has 1 saturated carbocycles. The molecule has 1 aromatic carbocycles. The number of aromatic nitrogens is 3. The predicted octanol–water partition coefficient (Wildman–Crippen LogP) is 4.46. The molecule has 3 N–H and O–H groups in total. The standard InChI is InChI=1S/C12H13N3OS.C10H8N2O2/c16-12(5-8-3-4-17-7-8)13-11-6-10(14-15-11)9-1-2-9;13-9(8-4-2-1-3-5-8)12-10-11-6-7-14-10/h3-4,6-7,9H,1-2,5H2,(H2,13,14,15,16);1-7H,(H,11,12,13). The van der Waals surface area contributed by atoms with Gasteiger partial charge in [0.15, 0.2) is 5.82 Å². The van der Waals surface area contributed by atoms with Crippen molar-refractivity contribution in [3.63, 3.8) is 0 Å². The van der Waals surface area contributed by atoms with Crippen molar-refractivity contribution in [2.24, 2.45) is 0 Å². The third-order valence-electron chi connectivity index (χ3n) is 4.52. The molecule has 0 bridgehead atoms. The van der Waals surface area contributed by atoms with Crippen LogP contribution in [0.25, 0.3) is 0 Å². The molecule has 8 nitrogen and oxygen atoms in total. The van der Waals surface area contributed by atoms with E-state index in [0.717, 1.165) is 11.3 Å². The monoisotopic (exact) mass is 435 g/mol. The molecule has 0 radical (unpaired) electrons. The van der Waals surface area contributed by atoms with E-state index in [0.29, 0.717) is 23.7 Å². The lowest BCUT2D eigenvalue weighted by atomic mass is 10.2. The van der Waals surface area contributed by atoms with E-state index in [4.69, 9.17) is 4.42 Å². The number of nitrogens with one attached hydrogen (secondary N) is 3. The van der Waals surface area contributed by atoms with Crippen LogP contribution in [-0.2, 0) is 11.2 Å². The average molecular weight is 436 g/mol. The molecule has 1 fully saturated rings. The van der Waals surface area contributed by atoms with Crippen molar-refractivity contribution in [2.45, 2.75) is 25.2 Å². The van der Waals surface area contributed by atoms with E-state index in [-0.39, 0.29) is 17.8 Å². The van der Waals surface area contributed by atoms with Gasteiger partial charge >= 0.3 is 6.01 Å². The Morgan fingerprint density at radius 3 is 2.68 bits per heavy atom. The second kappa shape index (κ2) is 9.86. The number of anilines is 2. The minimum Gasteiger partial charge on any atom is -0.432 e. The maximum atomic E-state index is 11.7. The van der Waals surface area contributed by atoms with Crippen LogP contribution in [0.1, 0.15) is 40.4 Å². The predicted molar refractivity (Wildman–Crippen MR) is 118 cm³/mol. The van der Waals surface area contributed by atoms with Crippen molar-refractivity contribution >= 4 is 35.0 Å². The maximum Gasteiger partial charge on any atom is 0.301 e. The van der Waals surface area contributed by atoms with Gasteiger partial charge in [-0.25, -0.2) is 4.98 Å². The second-order valence-corrected chi connectivity index (χ2v) is 7.78. The van der Waals surface area contributed by atoms with E-state index in [9.17, 15) is 9.59 Å². The molecule has 158 valence electrons. The van der Waals surface area contributed by atoms with Gasteiger partial charge in [0.1, 0.15) is 6.26 Å². The highest BCUT2D eigenvalue weighted by molar-refractivity contribution is 7.08. The molecule has 1 aliphatic carbocycles. The fraction of sp³-hybridized carbons (Fsp3) is 0.182. The van der Waals surface area contributed by atoms with Crippen LogP contribution in [0.2, 0.25) is 0 Å². The molecule has 3 aromatic heterocycles. The van der Waals surface area contributed by atoms with Crippen LogP contribution in [0, 0.1) is 0 Å². The zero-order valence-electron chi connectivity index (χ0n) is 16.6. The number of oxazole rings is 1. The Labute approximate surface area is 182 Å². The largest absolute Gasteiger partial charge is 0.432 e. The molecule has 0 unspecified atom stereocenters. The number of H-pyrrole nitrogens is 1. The number of hydrogen-bond donors (Lipinski definition) is 3. The number of hydrogen-bond acceptors (Lipinski definition) is 6. The molecule has 0 aliphatic heterocycles. The van der Waals surface area contributed by atoms with Gasteiger partial charge in [0.2, 0.25) is 5.91 Å². The van der Waals surface area contributed by atoms with E-state index in [2.05, 4.69) is 25.8 Å². The Hall–Kier alpha value is -3.72. The summed E-state index contributed by atoms with van der Waals surface area (Å²) in [6.07, 6.45) is 5.74. The first kappa shape index (κ1) is 20.5. The molecule has 9 heteroatoms. The second-order valence-electron chi connectivity index (χ2n) is 7.00. The average Bonchev–Trinajstić information content (AvgIpc) is 3.15. The van der Waals surface area contributed by atoms with Crippen molar-refractivity contribution in [3.05, 3.63) is 82.5 Å². The topological polar surface area (TPSA) is 113 Å². The number of aromatic amines is 1. The smallest absolute Gasteiger partial charge is 0.301 e. The number of carbonyl (C=O) groups is 2. The lowest BCUT2D eigenvalue weighted by molar-refractivity contribution is -0.115. The summed E-state index contributed by atoms with van der Waals surface area (Å²) in [6.45, 7) is 0. The molecule has 0 saturated heterocycles. The molecular weight excluding hydrogens is 414 g/mol. The van der Waals surface area contributed by atoms with Gasteiger partial charge in [-0.3, -0.25) is 20.0 Å². The summed E-state index contributed by atoms with van der Waals surface area (Å²) in [5.41, 5.74) is 2.76. The van der Waals surface area contributed by atoms with Crippen LogP contribution >= 0.6 is 11.3 Å². The molecule has 31 heavy (non-hydrogen) atoms. The van der Waals surface area contributed by atoms with Gasteiger partial charge in [0.25, 0.3) is 5.91 Å². The first-order chi connectivity index (χ1) is 15.2. The highest BCUT2D eigenvalue weighted by atomic mass is 32.1. The molecule has 2 amide bonds. The van der Waals surface area contributed by atoms with Gasteiger partial charge in [0, 0.05) is 23.2 Å². The van der Waals surface area contributed by atoms with Gasteiger partial charge in [0.05, 0.1) is 12.6 Å². The fourth-order valence-corrected chi connectivity index (χ4v) is 3.48. The van der Waals surface area contributed by atoms with Gasteiger partial charge in [-0.15, -0.1) is 0 Å². The Morgan fingerprint density at radius 2 is 2.00 bits per heavy atom. The number of benzene rings is 1. The highest BCUT2D eigenvalue weighted by Crippen LogP contribution is 2.39. The Balaban J connectivity index is 0.000000152. The molecule has 0 spiro atoms. The molecular formula is C22H21N5O3S. The summed E-state index contributed by atoms with van der Waals surface area (Å²) in [7, 11) is 0. The molecule has 3 heterocycles. The highest BCUT2D eigenvalue weighted by Gasteiger charge is 2.25. The molecule has 4 aromatic rings. The summed E-state index contributed by atoms with van der Waals surface area (Å²) >= 11 is 1.60. The SMILES string of the molecule is O=C(Cc1ccsc1)Nc1cc(C2CC2)[nH]n1.O=C(Nc1ncco1)c1ccccc1. The van der Waals surface area contributed by atoms with Crippen LogP contribution in [0.15, 0.2) is 70.1 Å². The number of rotatable bonds is 6. The van der Waals surface area contributed by atoms with Crippen molar-refractivity contribution < 1.29 is 14.0 Å². The third-order valence-corrected chi connectivity index (χ3v) is 5.25. The molecule has 5 rings (SSSR count). The summed E-state index contributed by atoms with van der Waals surface area (Å²) in [6, 6.07) is 13.0. The number of carbonyl (C=O) groups excluding carboxylic acids is 2. The first-order valence-corrected chi connectivity index (χ1v) is 10.7. The Morgan fingerprint density at radius 1 is 1.16 bits per heavy atom. The van der Waals surface area contributed by atoms with E-state index in [1.807, 2.05) is 29.0 Å². The quantitative estimate of drug-likeness (QED) is 0.414. The number of nitrogens with zero attached hydrogens (tertiary/aromatic N) is 2. The fourth-order valence-electron chi connectivity index (χ4n) is 2.81. The van der Waals surface area contributed by atoms with E-state index in [1.165, 1.54) is 25.3 Å². The third kappa shape index (κ3) is 6.13. The molecule has 1 aliphatic rings. The van der Waals surface area contributed by atoms with Gasteiger partial charge in [-0.05, 0) is 47.4 Å². The van der Waals surface area contributed by atoms with Crippen molar-refractivity contribution in [1.29, 1.82) is 0 Å². The normalized spacial score (nSPS) is 12.5. The summed E-state index contributed by atoms with van der Waals surface area (Å²) in [4.78, 5) is 27.0. The summed E-state index contributed by atoms with van der Waals surface area (Å²) in [5.74, 6) is 1.02. The molecule has 0 atom stereocenters. The zero-order valence-corrected chi connectivity index (χ0v) is 17.4. The summed E-state index contributed by atoms with van der Waals surface area (Å²) in [5, 5.41) is 16.4. The number of amides is 2. The maximum absolute atomic E-state index is 11.7. The lowest BCUT2D eigenvalue weighted by Gasteiger charge is -1.99. The van der Waals surface area contributed by atoms with Gasteiger partial charge < -0.3 is 9.73 Å². The van der Waals surface area contributed by atoms with Crippen molar-refractivity contribution in [2.75, 3.05) is 10.6 Å². The Kier molecular flexibility index (Phi) is 6.53. The lowest BCUT2D eigenvalue weighted by Crippen LogP contribution is -2.14. The minimum absolute atomic E-state index is 0.0164. The summed E-state index contributed by atoms with van der Waals surface area (Å²) < 4.78 is 4.88. The van der Waals surface area contributed by atoms with E-state index < -0.39 is 0 Å². The Bertz CT molecular complexity index is 1100. The zero-order chi connectivity index (χ0) is 21.5. The first-order valence-electron chi connectivity index (χ1n) is 9.79. The van der Waals surface area contributed by atoms with Crippen LogP contribution in [0.5, 0.6) is 0 Å². The minimum atomic E-state index is -0.229. The number of thiophene rings is 1. The van der Waals surface area contributed by atoms with Crippen molar-refractivity contribution in [3.8, 4) is 0 Å². The van der Waals surface area contributed by atoms with Crippen molar-refractivity contribution in [1.82, 2.24) is 15.2 Å². The van der Waals surface area contributed by atoms with Crippen LogP contribution in [0.3, 0.4) is 0 Å². The van der Waals surface area contributed by atoms with Gasteiger partial charge in [-0.2, -0.15) is 16.4 Å².